The summed E-state index contributed by atoms with van der Waals surface area (Å²) in [6, 6.07) is 9.89. The number of halogens is 3. The molecule has 0 saturated carbocycles. The van der Waals surface area contributed by atoms with E-state index in [0.717, 1.165) is 0 Å². The lowest BCUT2D eigenvalue weighted by Gasteiger charge is -2.18. The Morgan fingerprint density at radius 1 is 1.12 bits per heavy atom. The number of hydrogen-bond acceptors (Lipinski definition) is 3. The zero-order valence-electron chi connectivity index (χ0n) is 14.2. The highest BCUT2D eigenvalue weighted by atomic mass is 35.5. The predicted octanol–water partition coefficient (Wildman–Crippen LogP) is 4.30. The van der Waals surface area contributed by atoms with Crippen LogP contribution in [0.25, 0.3) is 0 Å². The number of nitrogens with one attached hydrogen (secondary N) is 1. The summed E-state index contributed by atoms with van der Waals surface area (Å²) in [5.41, 5.74) is 0.963. The zero-order chi connectivity index (χ0) is 19.3. The van der Waals surface area contributed by atoms with Gasteiger partial charge in [0.2, 0.25) is 11.8 Å². The van der Waals surface area contributed by atoms with Gasteiger partial charge in [0.05, 0.1) is 25.8 Å². The summed E-state index contributed by atoms with van der Waals surface area (Å²) < 4.78 is 5.18. The first-order valence-electron chi connectivity index (χ1n) is 7.62. The van der Waals surface area contributed by atoms with Gasteiger partial charge in [-0.1, -0.05) is 40.9 Å². The van der Waals surface area contributed by atoms with Crippen LogP contribution in [0.15, 0.2) is 36.4 Å². The van der Waals surface area contributed by atoms with E-state index in [0.29, 0.717) is 32.1 Å². The molecule has 2 aromatic carbocycles. The Balaban J connectivity index is 2.00. The van der Waals surface area contributed by atoms with E-state index in [9.17, 15) is 9.59 Å². The van der Waals surface area contributed by atoms with E-state index in [1.54, 1.807) is 36.4 Å². The number of carbonyl (C=O) groups excluding carboxylic acids is 2. The molecule has 2 amide bonds. The van der Waals surface area contributed by atoms with Crippen LogP contribution in [0.2, 0.25) is 15.1 Å². The molecule has 0 radical (unpaired) electrons. The van der Waals surface area contributed by atoms with Gasteiger partial charge in [0, 0.05) is 22.1 Å². The summed E-state index contributed by atoms with van der Waals surface area (Å²) in [6.45, 7) is -0.142. The molecule has 5 nitrogen and oxygen atoms in total. The molecule has 0 saturated heterocycles. The first-order valence-corrected chi connectivity index (χ1v) is 8.75. The maximum absolute atomic E-state index is 12.4. The fourth-order valence-electron chi connectivity index (χ4n) is 2.26. The topological polar surface area (TPSA) is 58.6 Å². The van der Waals surface area contributed by atoms with Gasteiger partial charge in [-0.15, -0.1) is 0 Å². The Kier molecular flexibility index (Phi) is 7.14. The third kappa shape index (κ3) is 5.27. The van der Waals surface area contributed by atoms with Crippen molar-refractivity contribution < 1.29 is 14.3 Å². The number of carbonyl (C=O) groups is 2. The summed E-state index contributed by atoms with van der Waals surface area (Å²) in [5.74, 6) is -0.195. The molecule has 0 aliphatic carbocycles. The third-order valence-corrected chi connectivity index (χ3v) is 4.58. The predicted molar refractivity (Wildman–Crippen MR) is 104 cm³/mol. The molecule has 1 N–H and O–H groups in total. The standard InChI is InChI=1S/C18H17Cl3N2O3/c1-23(18(25)9-12-13(20)4-3-5-14(12)21)10-17(24)22-15-8-11(19)6-7-16(15)26-2/h3-8H,9-10H2,1-2H3,(H,22,24). The van der Waals surface area contributed by atoms with Crippen molar-refractivity contribution in [3.8, 4) is 5.75 Å². The number of rotatable bonds is 6. The molecule has 0 heterocycles. The largest absolute Gasteiger partial charge is 0.495 e. The second-order valence-corrected chi connectivity index (χ2v) is 6.77. The maximum Gasteiger partial charge on any atom is 0.244 e. The van der Waals surface area contributed by atoms with Crippen molar-refractivity contribution in [2.75, 3.05) is 26.0 Å². The van der Waals surface area contributed by atoms with E-state index in [-0.39, 0.29) is 24.8 Å². The zero-order valence-corrected chi connectivity index (χ0v) is 16.5. The average Bonchev–Trinajstić information content (AvgIpc) is 2.58. The van der Waals surface area contributed by atoms with E-state index in [2.05, 4.69) is 5.32 Å². The van der Waals surface area contributed by atoms with E-state index < -0.39 is 0 Å². The van der Waals surface area contributed by atoms with Crippen LogP contribution in [0, 0.1) is 0 Å². The molecule has 0 spiro atoms. The van der Waals surface area contributed by atoms with Gasteiger partial charge in [0.25, 0.3) is 0 Å². The lowest BCUT2D eigenvalue weighted by atomic mass is 10.1. The van der Waals surface area contributed by atoms with Gasteiger partial charge in [-0.05, 0) is 35.9 Å². The fraction of sp³-hybridized carbons (Fsp3) is 0.222. The number of anilines is 1. The van der Waals surface area contributed by atoms with Gasteiger partial charge in [-0.2, -0.15) is 0 Å². The highest BCUT2D eigenvalue weighted by Crippen LogP contribution is 2.28. The van der Waals surface area contributed by atoms with Gasteiger partial charge in [0.1, 0.15) is 5.75 Å². The van der Waals surface area contributed by atoms with Crippen molar-refractivity contribution in [3.05, 3.63) is 57.0 Å². The fourth-order valence-corrected chi connectivity index (χ4v) is 2.96. The molecule has 0 aliphatic heterocycles. The summed E-state index contributed by atoms with van der Waals surface area (Å²) in [4.78, 5) is 25.9. The molecule has 0 fully saturated rings. The quantitative estimate of drug-likeness (QED) is 0.765. The van der Waals surface area contributed by atoms with E-state index in [4.69, 9.17) is 39.5 Å². The second-order valence-electron chi connectivity index (χ2n) is 5.52. The molecule has 0 atom stereocenters. The first-order chi connectivity index (χ1) is 12.3. The number of methoxy groups -OCH3 is 1. The highest BCUT2D eigenvalue weighted by molar-refractivity contribution is 6.36. The minimum absolute atomic E-state index is 0.00275. The van der Waals surface area contributed by atoms with Crippen molar-refractivity contribution in [1.82, 2.24) is 4.90 Å². The van der Waals surface area contributed by atoms with Crippen LogP contribution in [0.5, 0.6) is 5.75 Å². The van der Waals surface area contributed by atoms with E-state index in [1.165, 1.54) is 19.1 Å². The Hall–Kier alpha value is -1.95. The Bertz CT molecular complexity index is 807. The Morgan fingerprint density at radius 3 is 2.38 bits per heavy atom. The van der Waals surface area contributed by atoms with Crippen LogP contribution < -0.4 is 10.1 Å². The molecule has 138 valence electrons. The molecule has 26 heavy (non-hydrogen) atoms. The lowest BCUT2D eigenvalue weighted by molar-refractivity contribution is -0.132. The van der Waals surface area contributed by atoms with Crippen LogP contribution in [0.3, 0.4) is 0 Å². The molecule has 8 heteroatoms. The number of ether oxygens (including phenoxy) is 1. The highest BCUT2D eigenvalue weighted by Gasteiger charge is 2.17. The third-order valence-electron chi connectivity index (χ3n) is 3.63. The molecule has 2 aromatic rings. The van der Waals surface area contributed by atoms with Gasteiger partial charge < -0.3 is 15.0 Å². The first kappa shape index (κ1) is 20.4. The minimum atomic E-state index is -0.383. The van der Waals surface area contributed by atoms with Crippen LogP contribution in [0.4, 0.5) is 5.69 Å². The van der Waals surface area contributed by atoms with Crippen molar-refractivity contribution in [2.24, 2.45) is 0 Å². The van der Waals surface area contributed by atoms with Crippen LogP contribution in [-0.2, 0) is 16.0 Å². The molecular weight excluding hydrogens is 399 g/mol. The molecule has 0 aromatic heterocycles. The molecule has 2 rings (SSSR count). The SMILES string of the molecule is COc1ccc(Cl)cc1NC(=O)CN(C)C(=O)Cc1c(Cl)cccc1Cl. The average molecular weight is 416 g/mol. The molecule has 0 aliphatic rings. The van der Waals surface area contributed by atoms with Gasteiger partial charge in [-0.25, -0.2) is 0 Å². The van der Waals surface area contributed by atoms with Crippen molar-refractivity contribution in [1.29, 1.82) is 0 Å². The molecule has 0 bridgehead atoms. The number of hydrogen-bond donors (Lipinski definition) is 1. The number of benzene rings is 2. The van der Waals surface area contributed by atoms with E-state index in [1.807, 2.05) is 0 Å². The van der Waals surface area contributed by atoms with Crippen molar-refractivity contribution in [2.45, 2.75) is 6.42 Å². The monoisotopic (exact) mass is 414 g/mol. The second kappa shape index (κ2) is 9.12. The van der Waals surface area contributed by atoms with Crippen LogP contribution in [0.1, 0.15) is 5.56 Å². The summed E-state index contributed by atoms with van der Waals surface area (Å²) in [7, 11) is 3.02. The number of amides is 2. The summed E-state index contributed by atoms with van der Waals surface area (Å²) >= 11 is 18.1. The lowest BCUT2D eigenvalue weighted by Crippen LogP contribution is -2.36. The smallest absolute Gasteiger partial charge is 0.244 e. The Labute approximate surface area is 166 Å². The summed E-state index contributed by atoms with van der Waals surface area (Å²) in [6.07, 6.45) is 0.00275. The van der Waals surface area contributed by atoms with Crippen LogP contribution in [-0.4, -0.2) is 37.4 Å². The minimum Gasteiger partial charge on any atom is -0.495 e. The van der Waals surface area contributed by atoms with Gasteiger partial charge in [-0.3, -0.25) is 9.59 Å². The molecular formula is C18H17Cl3N2O3. The van der Waals surface area contributed by atoms with E-state index >= 15 is 0 Å². The van der Waals surface area contributed by atoms with Gasteiger partial charge >= 0.3 is 0 Å². The molecule has 0 unspecified atom stereocenters. The van der Waals surface area contributed by atoms with Crippen molar-refractivity contribution >= 4 is 52.3 Å². The Morgan fingerprint density at radius 2 is 1.77 bits per heavy atom. The van der Waals surface area contributed by atoms with Crippen molar-refractivity contribution in [3.63, 3.8) is 0 Å². The maximum atomic E-state index is 12.4. The van der Waals surface area contributed by atoms with Gasteiger partial charge in [0.15, 0.2) is 0 Å². The number of likely N-dealkylation sites (N-methyl/N-ethyl adjacent to an activating group) is 1. The summed E-state index contributed by atoms with van der Waals surface area (Å²) in [5, 5.41) is 3.96. The van der Waals surface area contributed by atoms with Crippen LogP contribution >= 0.6 is 34.8 Å². The normalized spacial score (nSPS) is 10.3. The number of nitrogens with zero attached hydrogens (tertiary/aromatic N) is 1.